The number of hydrogen-bond acceptors (Lipinski definition) is 4. The van der Waals surface area contributed by atoms with Crippen molar-refractivity contribution in [2.24, 2.45) is 0 Å². The van der Waals surface area contributed by atoms with Gasteiger partial charge in [0.1, 0.15) is 17.2 Å². The van der Waals surface area contributed by atoms with Gasteiger partial charge in [0.2, 0.25) is 5.91 Å². The van der Waals surface area contributed by atoms with Crippen molar-refractivity contribution in [2.75, 3.05) is 23.3 Å². The Labute approximate surface area is 209 Å². The van der Waals surface area contributed by atoms with Crippen molar-refractivity contribution in [1.29, 1.82) is 0 Å². The van der Waals surface area contributed by atoms with E-state index in [-0.39, 0.29) is 17.2 Å². The Bertz CT molecular complexity index is 1290. The molecule has 0 saturated heterocycles. The lowest BCUT2D eigenvalue weighted by atomic mass is 10.0. The first kappa shape index (κ1) is 26.3. The van der Waals surface area contributed by atoms with E-state index in [0.29, 0.717) is 5.69 Å². The fraction of sp³-hybridized carbons (Fsp3) is 0.321. The van der Waals surface area contributed by atoms with Gasteiger partial charge in [-0.1, -0.05) is 44.2 Å². The molecule has 186 valence electrons. The van der Waals surface area contributed by atoms with Gasteiger partial charge >= 0.3 is 0 Å². The van der Waals surface area contributed by atoms with Crippen LogP contribution in [0.5, 0.6) is 5.75 Å². The molecule has 1 amide bonds. The Hall–Kier alpha value is -3.32. The molecule has 7 heteroatoms. The number of ether oxygens (including phenoxy) is 1. The third-order valence-electron chi connectivity index (χ3n) is 5.93. The topological polar surface area (TPSA) is 75.7 Å². The second-order valence-corrected chi connectivity index (χ2v) is 10.5. The number of aryl methyl sites for hydroxylation is 5. The number of rotatable bonds is 9. The monoisotopic (exact) mass is 494 g/mol. The third-order valence-corrected chi connectivity index (χ3v) is 7.73. The van der Waals surface area contributed by atoms with Gasteiger partial charge < -0.3 is 10.1 Å². The zero-order valence-electron chi connectivity index (χ0n) is 21.3. The summed E-state index contributed by atoms with van der Waals surface area (Å²) in [5.41, 5.74) is 5.80. The summed E-state index contributed by atoms with van der Waals surface area (Å²) in [6.45, 7) is 9.31. The average Bonchev–Trinajstić information content (AvgIpc) is 2.81. The van der Waals surface area contributed by atoms with E-state index in [2.05, 4.69) is 5.32 Å². The SMILES string of the molecule is CCc1cccc(CC)c1NC(=O)CN(c1cc(C)cc(C)c1)S(=O)(=O)c1cc(C)ccc1OC. The van der Waals surface area contributed by atoms with Crippen molar-refractivity contribution in [3.8, 4) is 5.75 Å². The number of carbonyl (C=O) groups is 1. The fourth-order valence-corrected chi connectivity index (χ4v) is 5.87. The van der Waals surface area contributed by atoms with Gasteiger partial charge in [0, 0.05) is 5.69 Å². The van der Waals surface area contributed by atoms with Gasteiger partial charge in [-0.05, 0) is 85.7 Å². The second kappa shape index (κ2) is 11.0. The summed E-state index contributed by atoms with van der Waals surface area (Å²) in [6.07, 6.45) is 1.51. The van der Waals surface area contributed by atoms with Crippen molar-refractivity contribution in [1.82, 2.24) is 0 Å². The number of hydrogen-bond donors (Lipinski definition) is 1. The Balaban J connectivity index is 2.09. The molecule has 1 N–H and O–H groups in total. The van der Waals surface area contributed by atoms with Crippen LogP contribution in [0.15, 0.2) is 59.5 Å². The molecular formula is C28H34N2O4S. The molecule has 3 aromatic carbocycles. The summed E-state index contributed by atoms with van der Waals surface area (Å²) < 4.78 is 34.5. The van der Waals surface area contributed by atoms with Gasteiger partial charge in [-0.2, -0.15) is 0 Å². The molecule has 0 spiro atoms. The predicted molar refractivity (Wildman–Crippen MR) is 142 cm³/mol. The number of anilines is 2. The van der Waals surface area contributed by atoms with Crippen molar-refractivity contribution in [3.05, 3.63) is 82.4 Å². The standard InChI is InChI=1S/C28H34N2O4S/c1-7-22-10-9-11-23(8-2)28(22)29-27(31)18-30(24-15-20(4)14-21(5)16-24)35(32,33)26-17-19(3)12-13-25(26)34-6/h9-17H,7-8,18H2,1-6H3,(H,29,31). The highest BCUT2D eigenvalue weighted by atomic mass is 32.2. The number of amides is 1. The van der Waals surface area contributed by atoms with Crippen LogP contribution in [0.1, 0.15) is 41.7 Å². The Morgan fingerprint density at radius 3 is 2.03 bits per heavy atom. The molecule has 0 bridgehead atoms. The lowest BCUT2D eigenvalue weighted by Crippen LogP contribution is -2.38. The van der Waals surface area contributed by atoms with Gasteiger partial charge in [0.25, 0.3) is 10.0 Å². The average molecular weight is 495 g/mol. The van der Waals surface area contributed by atoms with Gasteiger partial charge in [0.05, 0.1) is 12.8 Å². The van der Waals surface area contributed by atoms with Crippen LogP contribution in [0.2, 0.25) is 0 Å². The lowest BCUT2D eigenvalue weighted by Gasteiger charge is -2.26. The number of sulfonamides is 1. The molecule has 0 saturated carbocycles. The van der Waals surface area contributed by atoms with Gasteiger partial charge in [0.15, 0.2) is 0 Å². The molecule has 0 aliphatic rings. The van der Waals surface area contributed by atoms with Crippen molar-refractivity contribution in [2.45, 2.75) is 52.4 Å². The number of nitrogens with one attached hydrogen (secondary N) is 1. The molecule has 0 aromatic heterocycles. The minimum absolute atomic E-state index is 0.0233. The van der Waals surface area contributed by atoms with Crippen LogP contribution >= 0.6 is 0 Å². The first-order chi connectivity index (χ1) is 16.6. The van der Waals surface area contributed by atoms with E-state index in [9.17, 15) is 13.2 Å². The smallest absolute Gasteiger partial charge is 0.268 e. The Morgan fingerprint density at radius 2 is 1.49 bits per heavy atom. The van der Waals surface area contributed by atoms with Crippen molar-refractivity contribution < 1.29 is 17.9 Å². The van der Waals surface area contributed by atoms with Crippen LogP contribution in [0.25, 0.3) is 0 Å². The van der Waals surface area contributed by atoms with Gasteiger partial charge in [-0.3, -0.25) is 9.10 Å². The summed E-state index contributed by atoms with van der Waals surface area (Å²) in [5, 5.41) is 3.00. The maximum Gasteiger partial charge on any atom is 0.268 e. The predicted octanol–water partition coefficient (Wildman–Crippen LogP) is 5.58. The quantitative estimate of drug-likeness (QED) is 0.421. The first-order valence-corrected chi connectivity index (χ1v) is 13.2. The minimum Gasteiger partial charge on any atom is -0.495 e. The maximum atomic E-state index is 14.0. The fourth-order valence-electron chi connectivity index (χ4n) is 4.23. The summed E-state index contributed by atoms with van der Waals surface area (Å²) in [6, 6.07) is 16.4. The molecule has 0 aliphatic carbocycles. The zero-order chi connectivity index (χ0) is 25.8. The molecule has 0 heterocycles. The number of nitrogens with zero attached hydrogens (tertiary/aromatic N) is 1. The zero-order valence-corrected chi connectivity index (χ0v) is 22.1. The van der Waals surface area contributed by atoms with E-state index >= 15 is 0 Å². The summed E-state index contributed by atoms with van der Waals surface area (Å²) in [5.74, 6) is -0.176. The van der Waals surface area contributed by atoms with Crippen molar-refractivity contribution >= 4 is 27.3 Å². The maximum absolute atomic E-state index is 14.0. The number of benzene rings is 3. The van der Waals surface area contributed by atoms with Crippen LogP contribution in [-0.4, -0.2) is 28.0 Å². The molecule has 3 aromatic rings. The van der Waals surface area contributed by atoms with Gasteiger partial charge in [-0.25, -0.2) is 8.42 Å². The van der Waals surface area contributed by atoms with Crippen molar-refractivity contribution in [3.63, 3.8) is 0 Å². The molecule has 3 rings (SSSR count). The van der Waals surface area contributed by atoms with Crippen LogP contribution in [-0.2, 0) is 27.7 Å². The number of methoxy groups -OCH3 is 1. The highest BCUT2D eigenvalue weighted by Crippen LogP contribution is 2.32. The van der Waals surface area contributed by atoms with Crippen LogP contribution < -0.4 is 14.4 Å². The Kier molecular flexibility index (Phi) is 8.22. The van der Waals surface area contributed by atoms with Crippen LogP contribution in [0, 0.1) is 20.8 Å². The third kappa shape index (κ3) is 5.85. The minimum atomic E-state index is -4.12. The highest BCUT2D eigenvalue weighted by Gasteiger charge is 2.31. The molecule has 6 nitrogen and oxygen atoms in total. The highest BCUT2D eigenvalue weighted by molar-refractivity contribution is 7.93. The van der Waals surface area contributed by atoms with E-state index in [1.807, 2.05) is 58.9 Å². The molecule has 0 fully saturated rings. The molecular weight excluding hydrogens is 460 g/mol. The normalized spacial score (nSPS) is 11.3. The summed E-state index contributed by atoms with van der Waals surface area (Å²) in [4.78, 5) is 13.4. The lowest BCUT2D eigenvalue weighted by molar-refractivity contribution is -0.114. The van der Waals surface area contributed by atoms with E-state index in [1.165, 1.54) is 11.4 Å². The van der Waals surface area contributed by atoms with Crippen LogP contribution in [0.4, 0.5) is 11.4 Å². The summed E-state index contributed by atoms with van der Waals surface area (Å²) >= 11 is 0. The van der Waals surface area contributed by atoms with Crippen LogP contribution in [0.3, 0.4) is 0 Å². The number of para-hydroxylation sites is 1. The van der Waals surface area contributed by atoms with E-state index in [0.717, 1.165) is 46.3 Å². The molecule has 0 atom stereocenters. The molecule has 0 radical (unpaired) electrons. The molecule has 35 heavy (non-hydrogen) atoms. The van der Waals surface area contributed by atoms with Gasteiger partial charge in [-0.15, -0.1) is 0 Å². The molecule has 0 unspecified atom stereocenters. The second-order valence-electron chi connectivity index (χ2n) is 8.72. The first-order valence-electron chi connectivity index (χ1n) is 11.8. The molecule has 0 aliphatic heterocycles. The number of carbonyl (C=O) groups excluding carboxylic acids is 1. The van der Waals surface area contributed by atoms with E-state index in [4.69, 9.17) is 4.74 Å². The van der Waals surface area contributed by atoms with E-state index in [1.54, 1.807) is 30.3 Å². The van der Waals surface area contributed by atoms with E-state index < -0.39 is 15.9 Å². The Morgan fingerprint density at radius 1 is 0.886 bits per heavy atom. The largest absolute Gasteiger partial charge is 0.495 e. The summed E-state index contributed by atoms with van der Waals surface area (Å²) in [7, 11) is -2.69.